The zero-order valence-electron chi connectivity index (χ0n) is 16.2. The van der Waals surface area contributed by atoms with E-state index in [1.807, 2.05) is 24.3 Å². The normalized spacial score (nSPS) is 10.8. The minimum absolute atomic E-state index is 0.266. The predicted octanol–water partition coefficient (Wildman–Crippen LogP) is 6.15. The van der Waals surface area contributed by atoms with Gasteiger partial charge in [-0.2, -0.15) is 0 Å². The maximum absolute atomic E-state index is 11.9. The lowest BCUT2D eigenvalue weighted by atomic mass is 9.96. The number of pyridine rings is 1. The molecule has 0 radical (unpaired) electrons. The Morgan fingerprint density at radius 1 is 1.00 bits per heavy atom. The molecule has 0 spiro atoms. The van der Waals surface area contributed by atoms with E-state index in [0.29, 0.717) is 17.1 Å². The fourth-order valence-corrected chi connectivity index (χ4v) is 3.51. The van der Waals surface area contributed by atoms with E-state index in [-0.39, 0.29) is 5.56 Å². The van der Waals surface area contributed by atoms with Crippen LogP contribution in [0.25, 0.3) is 11.1 Å². The van der Waals surface area contributed by atoms with Gasteiger partial charge in [-0.1, -0.05) is 66.9 Å². The van der Waals surface area contributed by atoms with Crippen LogP contribution in [0.3, 0.4) is 0 Å². The number of hydrogen-bond donors (Lipinski definition) is 1. The predicted molar refractivity (Wildman–Crippen MR) is 114 cm³/mol. The van der Waals surface area contributed by atoms with Crippen molar-refractivity contribution in [2.45, 2.75) is 39.5 Å². The maximum Gasteiger partial charge on any atom is 0.337 e. The molecule has 0 aliphatic heterocycles. The summed E-state index contributed by atoms with van der Waals surface area (Å²) in [7, 11) is 0. The second-order valence-electron chi connectivity index (χ2n) is 7.03. The van der Waals surface area contributed by atoms with Gasteiger partial charge >= 0.3 is 5.97 Å². The Kier molecular flexibility index (Phi) is 6.48. The molecule has 0 aliphatic carbocycles. The van der Waals surface area contributed by atoms with Gasteiger partial charge in [0.25, 0.3) is 0 Å². The van der Waals surface area contributed by atoms with E-state index >= 15 is 0 Å². The molecule has 0 unspecified atom stereocenters. The Labute approximate surface area is 171 Å². The van der Waals surface area contributed by atoms with Crippen LogP contribution in [0, 0.1) is 6.92 Å². The summed E-state index contributed by atoms with van der Waals surface area (Å²) in [6, 6.07) is 17.6. The van der Waals surface area contributed by atoms with Gasteiger partial charge in [-0.15, -0.1) is 0 Å². The standard InChI is InChI=1S/C24H24ClNO2/c1-3-5-22-20(18-6-4-7-19(25)14-18)15-21(24(27)28)23(26-22)13-12-17-10-8-16(2)9-11-17/h4,6-11,14-15H,3,5,12-13H2,1-2H3,(H,27,28). The van der Waals surface area contributed by atoms with E-state index in [0.717, 1.165) is 36.1 Å². The molecule has 2 aromatic carbocycles. The highest BCUT2D eigenvalue weighted by Crippen LogP contribution is 2.29. The molecule has 0 bridgehead atoms. The van der Waals surface area contributed by atoms with Gasteiger partial charge in [0.15, 0.2) is 0 Å². The number of carboxylic acids is 1. The molecule has 1 heterocycles. The van der Waals surface area contributed by atoms with Crippen molar-refractivity contribution in [3.05, 3.63) is 87.7 Å². The lowest BCUT2D eigenvalue weighted by molar-refractivity contribution is 0.0695. The average Bonchev–Trinajstić information content (AvgIpc) is 2.67. The Hall–Kier alpha value is -2.65. The summed E-state index contributed by atoms with van der Waals surface area (Å²) in [4.78, 5) is 16.7. The zero-order valence-corrected chi connectivity index (χ0v) is 17.0. The van der Waals surface area contributed by atoms with Crippen molar-refractivity contribution in [2.75, 3.05) is 0 Å². The van der Waals surface area contributed by atoms with Gasteiger partial charge in [-0.25, -0.2) is 4.79 Å². The Bertz CT molecular complexity index is 980. The molecule has 3 rings (SSSR count). The van der Waals surface area contributed by atoms with Crippen LogP contribution in [0.15, 0.2) is 54.6 Å². The van der Waals surface area contributed by atoms with Gasteiger partial charge in [0.05, 0.1) is 11.3 Å². The fourth-order valence-electron chi connectivity index (χ4n) is 3.32. The number of rotatable bonds is 7. The second-order valence-corrected chi connectivity index (χ2v) is 7.46. The summed E-state index contributed by atoms with van der Waals surface area (Å²) in [5, 5.41) is 10.4. The van der Waals surface area contributed by atoms with Crippen molar-refractivity contribution < 1.29 is 9.90 Å². The first-order valence-corrected chi connectivity index (χ1v) is 9.93. The number of carboxylic acid groups (broad SMARTS) is 1. The highest BCUT2D eigenvalue weighted by molar-refractivity contribution is 6.30. The van der Waals surface area contributed by atoms with Crippen LogP contribution in [0.4, 0.5) is 0 Å². The van der Waals surface area contributed by atoms with Gasteiger partial charge in [0.2, 0.25) is 0 Å². The Balaban J connectivity index is 2.00. The van der Waals surface area contributed by atoms with Crippen molar-refractivity contribution in [1.29, 1.82) is 0 Å². The summed E-state index contributed by atoms with van der Waals surface area (Å²) in [6.45, 7) is 4.15. The lowest BCUT2D eigenvalue weighted by Gasteiger charge is -2.14. The highest BCUT2D eigenvalue weighted by Gasteiger charge is 2.17. The molecular weight excluding hydrogens is 370 g/mol. The average molecular weight is 394 g/mol. The SMILES string of the molecule is CCCc1nc(CCc2ccc(C)cc2)c(C(=O)O)cc1-c1cccc(Cl)c1. The van der Waals surface area contributed by atoms with Crippen molar-refractivity contribution in [1.82, 2.24) is 4.98 Å². The summed E-state index contributed by atoms with van der Waals surface area (Å²) in [5.41, 5.74) is 5.97. The molecule has 1 N–H and O–H groups in total. The third-order valence-corrected chi connectivity index (χ3v) is 5.04. The van der Waals surface area contributed by atoms with Crippen molar-refractivity contribution in [2.24, 2.45) is 0 Å². The number of aromatic nitrogens is 1. The van der Waals surface area contributed by atoms with Crippen LogP contribution in [-0.4, -0.2) is 16.1 Å². The lowest BCUT2D eigenvalue weighted by Crippen LogP contribution is -2.10. The number of aromatic carboxylic acids is 1. The number of carbonyl (C=O) groups is 1. The van der Waals surface area contributed by atoms with Crippen molar-refractivity contribution in [3.63, 3.8) is 0 Å². The summed E-state index contributed by atoms with van der Waals surface area (Å²) in [6.07, 6.45) is 3.08. The second kappa shape index (κ2) is 9.03. The van der Waals surface area contributed by atoms with E-state index in [1.165, 1.54) is 11.1 Å². The van der Waals surface area contributed by atoms with E-state index < -0.39 is 5.97 Å². The van der Waals surface area contributed by atoms with E-state index in [2.05, 4.69) is 38.1 Å². The summed E-state index contributed by atoms with van der Waals surface area (Å²) in [5.74, 6) is -0.947. The molecule has 0 saturated carbocycles. The van der Waals surface area contributed by atoms with E-state index in [1.54, 1.807) is 6.07 Å². The molecule has 0 amide bonds. The summed E-state index contributed by atoms with van der Waals surface area (Å²) < 4.78 is 0. The van der Waals surface area contributed by atoms with Gasteiger partial charge in [0.1, 0.15) is 0 Å². The monoisotopic (exact) mass is 393 g/mol. The zero-order chi connectivity index (χ0) is 20.1. The molecule has 1 aromatic heterocycles. The first kappa shape index (κ1) is 20.1. The fraction of sp³-hybridized carbons (Fsp3) is 0.250. The molecule has 28 heavy (non-hydrogen) atoms. The minimum atomic E-state index is -0.947. The van der Waals surface area contributed by atoms with Crippen LogP contribution in [0.1, 0.15) is 46.2 Å². The minimum Gasteiger partial charge on any atom is -0.478 e. The quantitative estimate of drug-likeness (QED) is 0.524. The molecule has 3 nitrogen and oxygen atoms in total. The van der Waals surface area contributed by atoms with Gasteiger partial charge in [-0.3, -0.25) is 4.98 Å². The van der Waals surface area contributed by atoms with Crippen LogP contribution in [0.2, 0.25) is 5.02 Å². The molecule has 4 heteroatoms. The molecular formula is C24H24ClNO2. The van der Waals surface area contributed by atoms with Crippen molar-refractivity contribution >= 4 is 17.6 Å². The first-order valence-electron chi connectivity index (χ1n) is 9.55. The van der Waals surface area contributed by atoms with E-state index in [9.17, 15) is 9.90 Å². The third-order valence-electron chi connectivity index (χ3n) is 4.80. The van der Waals surface area contributed by atoms with Gasteiger partial charge in [0, 0.05) is 16.3 Å². The molecule has 0 saturated heterocycles. The summed E-state index contributed by atoms with van der Waals surface area (Å²) >= 11 is 6.15. The van der Waals surface area contributed by atoms with Crippen LogP contribution < -0.4 is 0 Å². The highest BCUT2D eigenvalue weighted by atomic mass is 35.5. The third kappa shape index (κ3) is 4.79. The molecule has 0 fully saturated rings. The Morgan fingerprint density at radius 3 is 2.39 bits per heavy atom. The molecule has 3 aromatic rings. The van der Waals surface area contributed by atoms with Gasteiger partial charge in [-0.05, 0) is 55.5 Å². The smallest absolute Gasteiger partial charge is 0.337 e. The molecule has 0 atom stereocenters. The molecule has 144 valence electrons. The van der Waals surface area contributed by atoms with Gasteiger partial charge < -0.3 is 5.11 Å². The number of benzene rings is 2. The first-order chi connectivity index (χ1) is 13.5. The number of nitrogens with zero attached hydrogens (tertiary/aromatic N) is 1. The topological polar surface area (TPSA) is 50.2 Å². The van der Waals surface area contributed by atoms with Crippen LogP contribution in [0.5, 0.6) is 0 Å². The van der Waals surface area contributed by atoms with E-state index in [4.69, 9.17) is 16.6 Å². The van der Waals surface area contributed by atoms with Crippen LogP contribution in [-0.2, 0) is 19.3 Å². The number of aryl methyl sites for hydroxylation is 4. The largest absolute Gasteiger partial charge is 0.478 e. The Morgan fingerprint density at radius 2 is 1.75 bits per heavy atom. The number of hydrogen-bond acceptors (Lipinski definition) is 2. The maximum atomic E-state index is 11.9. The van der Waals surface area contributed by atoms with Crippen molar-refractivity contribution in [3.8, 4) is 11.1 Å². The van der Waals surface area contributed by atoms with Crippen LogP contribution >= 0.6 is 11.6 Å². The molecule has 0 aliphatic rings. The number of halogens is 1.